The first kappa shape index (κ1) is 10.9. The highest BCUT2D eigenvalue weighted by Gasteiger charge is 2.46. The third-order valence-electron chi connectivity index (χ3n) is 3.20. The minimum atomic E-state index is -3.19. The summed E-state index contributed by atoms with van der Waals surface area (Å²) in [6, 6.07) is 0. The van der Waals surface area contributed by atoms with E-state index in [4.69, 9.17) is 5.11 Å². The molecule has 15 heavy (non-hydrogen) atoms. The van der Waals surface area contributed by atoms with Crippen LogP contribution in [0.2, 0.25) is 0 Å². The van der Waals surface area contributed by atoms with Crippen LogP contribution in [0.25, 0.3) is 0 Å². The molecule has 1 saturated heterocycles. The second-order valence-corrected chi connectivity index (χ2v) is 6.70. The number of sulfonamides is 1. The van der Waals surface area contributed by atoms with Crippen LogP contribution in [-0.4, -0.2) is 42.1 Å². The molecule has 1 saturated carbocycles. The van der Waals surface area contributed by atoms with E-state index in [-0.39, 0.29) is 17.7 Å². The van der Waals surface area contributed by atoms with Crippen molar-refractivity contribution < 1.29 is 18.3 Å². The van der Waals surface area contributed by atoms with E-state index in [0.717, 1.165) is 12.8 Å². The van der Waals surface area contributed by atoms with E-state index in [1.54, 1.807) is 6.92 Å². The Kier molecular flexibility index (Phi) is 2.50. The smallest absolute Gasteiger partial charge is 0.308 e. The predicted molar refractivity (Wildman–Crippen MR) is 53.8 cm³/mol. The van der Waals surface area contributed by atoms with Gasteiger partial charge in [0.25, 0.3) is 0 Å². The molecule has 1 heterocycles. The lowest BCUT2D eigenvalue weighted by molar-refractivity contribution is -0.142. The highest BCUT2D eigenvalue weighted by molar-refractivity contribution is 7.90. The van der Waals surface area contributed by atoms with E-state index >= 15 is 0 Å². The third kappa shape index (κ3) is 1.88. The van der Waals surface area contributed by atoms with Gasteiger partial charge in [0.05, 0.1) is 11.2 Å². The van der Waals surface area contributed by atoms with Gasteiger partial charge in [0, 0.05) is 13.1 Å². The van der Waals surface area contributed by atoms with Gasteiger partial charge in [-0.15, -0.1) is 0 Å². The van der Waals surface area contributed by atoms with Crippen LogP contribution < -0.4 is 0 Å². The summed E-state index contributed by atoms with van der Waals surface area (Å²) in [5.74, 6) is -1.52. The fraction of sp³-hybridized carbons (Fsp3) is 0.889. The van der Waals surface area contributed by atoms with E-state index in [0.29, 0.717) is 6.54 Å². The molecule has 2 unspecified atom stereocenters. The molecule has 6 heteroatoms. The van der Waals surface area contributed by atoms with Gasteiger partial charge in [-0.2, -0.15) is 0 Å². The number of rotatable bonds is 3. The first-order valence-electron chi connectivity index (χ1n) is 5.14. The maximum Gasteiger partial charge on any atom is 0.308 e. The van der Waals surface area contributed by atoms with E-state index in [9.17, 15) is 13.2 Å². The van der Waals surface area contributed by atoms with Gasteiger partial charge < -0.3 is 5.11 Å². The summed E-state index contributed by atoms with van der Waals surface area (Å²) in [5, 5.41) is 8.66. The van der Waals surface area contributed by atoms with Gasteiger partial charge in [0.15, 0.2) is 0 Å². The van der Waals surface area contributed by atoms with Gasteiger partial charge in [-0.3, -0.25) is 4.79 Å². The van der Waals surface area contributed by atoms with Gasteiger partial charge in [-0.05, 0) is 18.8 Å². The molecule has 5 nitrogen and oxygen atoms in total. The molecule has 0 aromatic rings. The molecule has 0 bridgehead atoms. The first-order chi connectivity index (χ1) is 6.93. The quantitative estimate of drug-likeness (QED) is 0.752. The van der Waals surface area contributed by atoms with Crippen molar-refractivity contribution in [3.05, 3.63) is 0 Å². The molecule has 1 aliphatic heterocycles. The fourth-order valence-corrected chi connectivity index (χ4v) is 3.99. The molecule has 0 aromatic carbocycles. The maximum atomic E-state index is 11.8. The molecule has 0 aromatic heterocycles. The summed E-state index contributed by atoms with van der Waals surface area (Å²) >= 11 is 0. The maximum absolute atomic E-state index is 11.8. The van der Waals surface area contributed by atoms with Crippen molar-refractivity contribution in [2.45, 2.75) is 25.0 Å². The molecule has 2 atom stereocenters. The highest BCUT2D eigenvalue weighted by atomic mass is 32.2. The summed E-state index contributed by atoms with van der Waals surface area (Å²) < 4.78 is 25.0. The summed E-state index contributed by atoms with van der Waals surface area (Å²) in [6.45, 7) is 2.30. The van der Waals surface area contributed by atoms with Crippen molar-refractivity contribution in [3.63, 3.8) is 0 Å². The normalized spacial score (nSPS) is 33.1. The Balaban J connectivity index is 2.11. The minimum absolute atomic E-state index is 0.0870. The lowest BCUT2D eigenvalue weighted by Gasteiger charge is -2.14. The molecule has 2 fully saturated rings. The molecule has 2 rings (SSSR count). The standard InChI is InChI=1S/C9H15NO4S/c1-6-4-10(5-8(6)9(11)12)15(13,14)7-2-3-7/h6-8H,2-5H2,1H3,(H,11,12). The van der Waals surface area contributed by atoms with Gasteiger partial charge in [-0.25, -0.2) is 12.7 Å². The summed E-state index contributed by atoms with van der Waals surface area (Å²) in [7, 11) is -3.19. The van der Waals surface area contributed by atoms with Gasteiger partial charge in [0.2, 0.25) is 10.0 Å². The number of hydrogen-bond acceptors (Lipinski definition) is 3. The van der Waals surface area contributed by atoms with Crippen molar-refractivity contribution in [3.8, 4) is 0 Å². The molecule has 2 aliphatic rings. The highest BCUT2D eigenvalue weighted by Crippen LogP contribution is 2.35. The average Bonchev–Trinajstić information content (AvgIpc) is 2.89. The zero-order valence-electron chi connectivity index (χ0n) is 8.59. The first-order valence-corrected chi connectivity index (χ1v) is 6.65. The molecule has 0 amide bonds. The van der Waals surface area contributed by atoms with Crippen molar-refractivity contribution >= 4 is 16.0 Å². The number of carbonyl (C=O) groups is 1. The summed E-state index contributed by atoms with van der Waals surface area (Å²) in [6.07, 6.45) is 1.45. The molecule has 1 aliphatic carbocycles. The van der Waals surface area contributed by atoms with E-state index in [1.165, 1.54) is 4.31 Å². The van der Waals surface area contributed by atoms with Crippen LogP contribution in [0.3, 0.4) is 0 Å². The van der Waals surface area contributed by atoms with Crippen LogP contribution in [0.15, 0.2) is 0 Å². The number of carboxylic acids is 1. The van der Waals surface area contributed by atoms with Crippen LogP contribution in [0.4, 0.5) is 0 Å². The zero-order chi connectivity index (χ0) is 11.2. The molecule has 1 N–H and O–H groups in total. The van der Waals surface area contributed by atoms with Crippen LogP contribution in [0.5, 0.6) is 0 Å². The Morgan fingerprint density at radius 2 is 1.93 bits per heavy atom. The lowest BCUT2D eigenvalue weighted by Crippen LogP contribution is -2.32. The van der Waals surface area contributed by atoms with Crippen molar-refractivity contribution in [1.82, 2.24) is 4.31 Å². The van der Waals surface area contributed by atoms with Crippen LogP contribution in [-0.2, 0) is 14.8 Å². The Morgan fingerprint density at radius 3 is 2.33 bits per heavy atom. The monoisotopic (exact) mass is 233 g/mol. The number of carboxylic acid groups (broad SMARTS) is 1. The fourth-order valence-electron chi connectivity index (χ4n) is 2.03. The number of hydrogen-bond donors (Lipinski definition) is 1. The minimum Gasteiger partial charge on any atom is -0.481 e. The average molecular weight is 233 g/mol. The van der Waals surface area contributed by atoms with Crippen molar-refractivity contribution in [1.29, 1.82) is 0 Å². The Hall–Kier alpha value is -0.620. The third-order valence-corrected chi connectivity index (χ3v) is 5.53. The number of nitrogens with zero attached hydrogens (tertiary/aromatic N) is 1. The molecule has 0 spiro atoms. The zero-order valence-corrected chi connectivity index (χ0v) is 9.40. The summed E-state index contributed by atoms with van der Waals surface area (Å²) in [5.41, 5.74) is 0. The van der Waals surface area contributed by atoms with Gasteiger partial charge >= 0.3 is 5.97 Å². The van der Waals surface area contributed by atoms with E-state index in [2.05, 4.69) is 0 Å². The van der Waals surface area contributed by atoms with Gasteiger partial charge in [-0.1, -0.05) is 6.92 Å². The van der Waals surface area contributed by atoms with Crippen LogP contribution in [0.1, 0.15) is 19.8 Å². The van der Waals surface area contributed by atoms with E-state index < -0.39 is 21.9 Å². The molecular formula is C9H15NO4S. The van der Waals surface area contributed by atoms with Crippen LogP contribution >= 0.6 is 0 Å². The second kappa shape index (κ2) is 3.45. The van der Waals surface area contributed by atoms with Crippen LogP contribution in [0, 0.1) is 11.8 Å². The predicted octanol–water partition coefficient (Wildman–Crippen LogP) is 0.131. The van der Waals surface area contributed by atoms with E-state index in [1.807, 2.05) is 0 Å². The van der Waals surface area contributed by atoms with Gasteiger partial charge in [0.1, 0.15) is 0 Å². The molecular weight excluding hydrogens is 218 g/mol. The Bertz CT molecular complexity index is 374. The SMILES string of the molecule is CC1CN(S(=O)(=O)C2CC2)CC1C(=O)O. The number of aliphatic carboxylic acids is 1. The Labute approximate surface area is 89.1 Å². The summed E-state index contributed by atoms with van der Waals surface area (Å²) in [4.78, 5) is 10.8. The largest absolute Gasteiger partial charge is 0.481 e. The van der Waals surface area contributed by atoms with Crippen molar-refractivity contribution in [2.75, 3.05) is 13.1 Å². The molecule has 86 valence electrons. The topological polar surface area (TPSA) is 74.7 Å². The van der Waals surface area contributed by atoms with Crippen molar-refractivity contribution in [2.24, 2.45) is 11.8 Å². The Morgan fingerprint density at radius 1 is 1.33 bits per heavy atom. The second-order valence-electron chi connectivity index (χ2n) is 4.48. The lowest BCUT2D eigenvalue weighted by atomic mass is 9.99. The molecule has 0 radical (unpaired) electrons.